The second-order valence-corrected chi connectivity index (χ2v) is 9.19. The first-order valence-electron chi connectivity index (χ1n) is 11.8. The zero-order chi connectivity index (χ0) is 20.3. The molecule has 3 fully saturated rings. The van der Waals surface area contributed by atoms with Crippen molar-refractivity contribution in [1.82, 2.24) is 14.8 Å². The average molecular weight is 411 g/mol. The van der Waals surface area contributed by atoms with Crippen molar-refractivity contribution < 1.29 is 9.47 Å². The van der Waals surface area contributed by atoms with E-state index in [1.54, 1.807) is 7.11 Å². The van der Waals surface area contributed by atoms with Crippen LogP contribution in [0.1, 0.15) is 51.4 Å². The van der Waals surface area contributed by atoms with Gasteiger partial charge >= 0.3 is 0 Å². The molecule has 6 nitrogen and oxygen atoms in total. The molecule has 30 heavy (non-hydrogen) atoms. The maximum Gasteiger partial charge on any atom is 0.227 e. The average Bonchev–Trinajstić information content (AvgIpc) is 3.56. The van der Waals surface area contributed by atoms with E-state index in [0.29, 0.717) is 12.0 Å². The summed E-state index contributed by atoms with van der Waals surface area (Å²) in [6.45, 7) is 3.74. The van der Waals surface area contributed by atoms with Crippen LogP contribution < -0.4 is 9.64 Å². The highest BCUT2D eigenvalue weighted by Gasteiger charge is 2.36. The highest BCUT2D eigenvalue weighted by atomic mass is 16.5. The Morgan fingerprint density at radius 3 is 2.57 bits per heavy atom. The molecule has 0 spiro atoms. The van der Waals surface area contributed by atoms with Gasteiger partial charge in [0.1, 0.15) is 5.75 Å². The van der Waals surface area contributed by atoms with Crippen LogP contribution in [0.25, 0.3) is 11.4 Å². The number of ether oxygens (including phenoxy) is 2. The van der Waals surface area contributed by atoms with Crippen LogP contribution in [0.15, 0.2) is 24.3 Å². The van der Waals surface area contributed by atoms with E-state index in [2.05, 4.69) is 21.6 Å². The summed E-state index contributed by atoms with van der Waals surface area (Å²) in [7, 11) is 1.70. The van der Waals surface area contributed by atoms with Crippen LogP contribution in [0.4, 0.5) is 5.95 Å². The summed E-state index contributed by atoms with van der Waals surface area (Å²) >= 11 is 0. The molecule has 3 aliphatic rings. The summed E-state index contributed by atoms with van der Waals surface area (Å²) in [5.74, 6) is 4.25. The zero-order valence-electron chi connectivity index (χ0n) is 18.1. The summed E-state index contributed by atoms with van der Waals surface area (Å²) in [5.41, 5.74) is 1.10. The molecule has 1 aromatic heterocycles. The topological polar surface area (TPSA) is 52.4 Å². The molecule has 6 heteroatoms. The Morgan fingerprint density at radius 2 is 1.83 bits per heavy atom. The first kappa shape index (κ1) is 19.9. The molecule has 162 valence electrons. The van der Waals surface area contributed by atoms with Crippen LogP contribution in [0.2, 0.25) is 0 Å². The molecule has 1 aromatic carbocycles. The second kappa shape index (κ2) is 8.96. The number of hydrogen-bond acceptors (Lipinski definition) is 5. The highest BCUT2D eigenvalue weighted by molar-refractivity contribution is 5.59. The Balaban J connectivity index is 1.48. The van der Waals surface area contributed by atoms with Gasteiger partial charge in [-0.1, -0.05) is 19.3 Å². The lowest BCUT2D eigenvalue weighted by molar-refractivity contribution is 0.182. The molecule has 0 amide bonds. The third-order valence-corrected chi connectivity index (χ3v) is 7.29. The van der Waals surface area contributed by atoms with Gasteiger partial charge in [-0.3, -0.25) is 4.57 Å². The number of benzene rings is 1. The molecule has 3 heterocycles. The standard InChI is InChI=1S/C24H34N4O2/c1-29-21-11-9-20(10-12-21)23-25-26-24(28(23)16-18-13-15-30-17-18)27-14-5-8-22(27)19-6-3-2-4-7-19/h9-12,18-19,22H,2-8,13-17H2,1H3. The van der Waals surface area contributed by atoms with Crippen molar-refractivity contribution in [2.45, 2.75) is 64.0 Å². The van der Waals surface area contributed by atoms with Gasteiger partial charge in [0.2, 0.25) is 5.95 Å². The number of anilines is 1. The molecule has 2 aromatic rings. The van der Waals surface area contributed by atoms with Crippen molar-refractivity contribution >= 4 is 5.95 Å². The second-order valence-electron chi connectivity index (χ2n) is 9.19. The lowest BCUT2D eigenvalue weighted by atomic mass is 9.83. The summed E-state index contributed by atoms with van der Waals surface area (Å²) in [6, 6.07) is 8.82. The van der Waals surface area contributed by atoms with Crippen molar-refractivity contribution in [3.63, 3.8) is 0 Å². The smallest absolute Gasteiger partial charge is 0.227 e. The number of hydrogen-bond donors (Lipinski definition) is 0. The monoisotopic (exact) mass is 410 g/mol. The Morgan fingerprint density at radius 1 is 1.00 bits per heavy atom. The number of aromatic nitrogens is 3. The molecule has 0 bridgehead atoms. The van der Waals surface area contributed by atoms with E-state index in [4.69, 9.17) is 19.7 Å². The molecule has 5 rings (SSSR count). The first-order valence-corrected chi connectivity index (χ1v) is 11.8. The number of nitrogens with zero attached hydrogens (tertiary/aromatic N) is 4. The first-order chi connectivity index (χ1) is 14.8. The molecule has 1 saturated carbocycles. The van der Waals surface area contributed by atoms with Crippen LogP contribution in [0.3, 0.4) is 0 Å². The molecule has 0 N–H and O–H groups in total. The van der Waals surface area contributed by atoms with Gasteiger partial charge in [0, 0.05) is 37.2 Å². The lowest BCUT2D eigenvalue weighted by Gasteiger charge is -2.34. The van der Waals surface area contributed by atoms with Gasteiger partial charge in [0.05, 0.1) is 13.7 Å². The molecule has 0 radical (unpaired) electrons. The van der Waals surface area contributed by atoms with Gasteiger partial charge in [-0.25, -0.2) is 0 Å². The fourth-order valence-electron chi connectivity index (χ4n) is 5.66. The molecule has 2 atom stereocenters. The quantitative estimate of drug-likeness (QED) is 0.700. The van der Waals surface area contributed by atoms with Crippen LogP contribution >= 0.6 is 0 Å². The van der Waals surface area contributed by atoms with E-state index in [1.165, 1.54) is 44.9 Å². The summed E-state index contributed by atoms with van der Waals surface area (Å²) < 4.78 is 13.4. The molecule has 2 unspecified atom stereocenters. The maximum atomic E-state index is 5.68. The summed E-state index contributed by atoms with van der Waals surface area (Å²) in [4.78, 5) is 2.59. The Labute approximate surface area is 179 Å². The van der Waals surface area contributed by atoms with Crippen LogP contribution in [-0.4, -0.2) is 47.7 Å². The van der Waals surface area contributed by atoms with Crippen LogP contribution in [0, 0.1) is 11.8 Å². The predicted molar refractivity (Wildman–Crippen MR) is 118 cm³/mol. The molecular weight excluding hydrogens is 376 g/mol. The Kier molecular flexibility index (Phi) is 5.93. The van der Waals surface area contributed by atoms with Crippen LogP contribution in [-0.2, 0) is 11.3 Å². The van der Waals surface area contributed by atoms with E-state index in [9.17, 15) is 0 Å². The zero-order valence-corrected chi connectivity index (χ0v) is 18.1. The highest BCUT2D eigenvalue weighted by Crippen LogP contribution is 2.38. The molecule has 2 aliphatic heterocycles. The summed E-state index contributed by atoms with van der Waals surface area (Å²) in [6.07, 6.45) is 10.6. The van der Waals surface area contributed by atoms with Gasteiger partial charge in [-0.2, -0.15) is 0 Å². The normalized spacial score (nSPS) is 25.2. The third-order valence-electron chi connectivity index (χ3n) is 7.29. The van der Waals surface area contributed by atoms with Crippen molar-refractivity contribution in [3.05, 3.63) is 24.3 Å². The summed E-state index contributed by atoms with van der Waals surface area (Å²) in [5, 5.41) is 9.47. The van der Waals surface area contributed by atoms with Gasteiger partial charge in [-0.05, 0) is 62.3 Å². The van der Waals surface area contributed by atoms with Crippen molar-refractivity contribution in [1.29, 1.82) is 0 Å². The lowest BCUT2D eigenvalue weighted by Crippen LogP contribution is -2.38. The molecular formula is C24H34N4O2. The maximum absolute atomic E-state index is 5.68. The minimum absolute atomic E-state index is 0.535. The van der Waals surface area contributed by atoms with Crippen molar-refractivity contribution in [2.75, 3.05) is 31.8 Å². The minimum Gasteiger partial charge on any atom is -0.497 e. The van der Waals surface area contributed by atoms with E-state index < -0.39 is 0 Å². The fourth-order valence-corrected chi connectivity index (χ4v) is 5.66. The van der Waals surface area contributed by atoms with E-state index >= 15 is 0 Å². The Bertz CT molecular complexity index is 822. The van der Waals surface area contributed by atoms with Crippen molar-refractivity contribution in [3.8, 4) is 17.1 Å². The van der Waals surface area contributed by atoms with Crippen LogP contribution in [0.5, 0.6) is 5.75 Å². The van der Waals surface area contributed by atoms with E-state index in [0.717, 1.165) is 61.7 Å². The SMILES string of the molecule is COc1ccc(-c2nnc(N3CCCC3C3CCCCC3)n2CC2CCOC2)cc1. The number of rotatable bonds is 6. The predicted octanol–water partition coefficient (Wildman–Crippen LogP) is 4.54. The third kappa shape index (κ3) is 3.94. The molecule has 2 saturated heterocycles. The van der Waals surface area contributed by atoms with Gasteiger partial charge in [0.15, 0.2) is 5.82 Å². The van der Waals surface area contributed by atoms with Gasteiger partial charge in [0.25, 0.3) is 0 Å². The molecule has 1 aliphatic carbocycles. The van der Waals surface area contributed by atoms with Crippen molar-refractivity contribution in [2.24, 2.45) is 11.8 Å². The Hall–Kier alpha value is -2.08. The van der Waals surface area contributed by atoms with E-state index in [1.807, 2.05) is 12.1 Å². The minimum atomic E-state index is 0.535. The van der Waals surface area contributed by atoms with Gasteiger partial charge < -0.3 is 14.4 Å². The van der Waals surface area contributed by atoms with Gasteiger partial charge in [-0.15, -0.1) is 10.2 Å². The van der Waals surface area contributed by atoms with E-state index in [-0.39, 0.29) is 0 Å². The fraction of sp³-hybridized carbons (Fsp3) is 0.667. The largest absolute Gasteiger partial charge is 0.497 e. The number of methoxy groups -OCH3 is 1.